The van der Waals surface area contributed by atoms with Crippen LogP contribution in [0.25, 0.3) is 0 Å². The average Bonchev–Trinajstić information content (AvgIpc) is 3.00. The Bertz CT molecular complexity index is 554. The highest BCUT2D eigenvalue weighted by Gasteiger charge is 2.11. The van der Waals surface area contributed by atoms with Crippen molar-refractivity contribution in [3.63, 3.8) is 0 Å². The molecule has 0 spiro atoms. The van der Waals surface area contributed by atoms with Gasteiger partial charge in [-0.3, -0.25) is 9.59 Å². The second-order valence-electron chi connectivity index (χ2n) is 11.6. The van der Waals surface area contributed by atoms with E-state index in [9.17, 15) is 9.59 Å². The lowest BCUT2D eigenvalue weighted by atomic mass is 10.1. The third-order valence-electron chi connectivity index (χ3n) is 7.32. The van der Waals surface area contributed by atoms with Crippen molar-refractivity contribution in [2.24, 2.45) is 0 Å². The van der Waals surface area contributed by atoms with Crippen LogP contribution in [0.4, 0.5) is 0 Å². The summed E-state index contributed by atoms with van der Waals surface area (Å²) >= 11 is 0. The summed E-state index contributed by atoms with van der Waals surface area (Å²) in [5, 5.41) is 35.2. The van der Waals surface area contributed by atoms with Crippen LogP contribution in [-0.4, -0.2) is 71.0 Å². The van der Waals surface area contributed by atoms with Gasteiger partial charge >= 0.3 is 11.9 Å². The van der Waals surface area contributed by atoms with E-state index in [1.54, 1.807) is 0 Å². The molecule has 4 N–H and O–H groups in total. The van der Waals surface area contributed by atoms with E-state index < -0.39 is 12.2 Å². The van der Waals surface area contributed by atoms with E-state index in [1.807, 2.05) is 0 Å². The molecule has 0 radical (unpaired) electrons. The monoisotopic (exact) mass is 604 g/mol. The summed E-state index contributed by atoms with van der Waals surface area (Å²) in [6, 6.07) is 0. The Morgan fingerprint density at radius 3 is 1.17 bits per heavy atom. The normalized spacial score (nSPS) is 11.7. The quantitative estimate of drug-likeness (QED) is 0.0501. The molecule has 1 unspecified atom stereocenters. The van der Waals surface area contributed by atoms with E-state index in [0.717, 1.165) is 25.7 Å². The minimum absolute atomic E-state index is 0.104. The van der Waals surface area contributed by atoms with Crippen molar-refractivity contribution in [1.29, 1.82) is 0 Å². The van der Waals surface area contributed by atoms with Gasteiger partial charge in [-0.1, -0.05) is 142 Å². The van der Waals surface area contributed by atoms with Gasteiger partial charge in [0.1, 0.15) is 18.8 Å². The molecule has 0 heterocycles. The molecule has 0 fully saturated rings. The summed E-state index contributed by atoms with van der Waals surface area (Å²) in [6.07, 6.45) is 26.6. The van der Waals surface area contributed by atoms with Crippen LogP contribution in [0.1, 0.15) is 168 Å². The number of carbonyl (C=O) groups is 2. The van der Waals surface area contributed by atoms with E-state index in [1.165, 1.54) is 116 Å². The summed E-state index contributed by atoms with van der Waals surface area (Å²) in [5.74, 6) is -0.600. The third-order valence-corrected chi connectivity index (χ3v) is 7.32. The van der Waals surface area contributed by atoms with Crippen molar-refractivity contribution >= 4 is 11.9 Å². The maximum absolute atomic E-state index is 11.4. The zero-order valence-corrected chi connectivity index (χ0v) is 27.4. The van der Waals surface area contributed by atoms with Gasteiger partial charge in [-0.15, -0.1) is 0 Å². The van der Waals surface area contributed by atoms with E-state index in [2.05, 4.69) is 13.8 Å². The SMILES string of the molecule is CCCCCCCCCCCCCC(=O)OC(CO)CO.CCCCCCCCCCCCCC(=O)OCC(O)CO. The van der Waals surface area contributed by atoms with Crippen molar-refractivity contribution in [1.82, 2.24) is 0 Å². The van der Waals surface area contributed by atoms with Crippen LogP contribution in [0.3, 0.4) is 0 Å². The molecule has 0 aliphatic carbocycles. The molecule has 8 nitrogen and oxygen atoms in total. The van der Waals surface area contributed by atoms with Gasteiger partial charge in [-0.2, -0.15) is 0 Å². The minimum Gasteiger partial charge on any atom is -0.463 e. The lowest BCUT2D eigenvalue weighted by molar-refractivity contribution is -0.153. The molecule has 252 valence electrons. The fraction of sp³-hybridized carbons (Fsp3) is 0.941. The van der Waals surface area contributed by atoms with Gasteiger partial charge in [0.15, 0.2) is 0 Å². The molecule has 0 aromatic heterocycles. The van der Waals surface area contributed by atoms with Gasteiger partial charge in [0.2, 0.25) is 0 Å². The first kappa shape index (κ1) is 42.9. The summed E-state index contributed by atoms with van der Waals surface area (Å²) < 4.78 is 9.74. The van der Waals surface area contributed by atoms with Gasteiger partial charge in [0, 0.05) is 12.8 Å². The number of aliphatic hydroxyl groups is 4. The molecule has 1 atom stereocenters. The number of hydrogen-bond acceptors (Lipinski definition) is 8. The van der Waals surface area contributed by atoms with Crippen LogP contribution in [0, 0.1) is 0 Å². The highest BCUT2D eigenvalue weighted by atomic mass is 16.6. The number of rotatable bonds is 30. The second kappa shape index (κ2) is 36.0. The Morgan fingerprint density at radius 1 is 0.500 bits per heavy atom. The molecule has 0 aliphatic heterocycles. The predicted octanol–water partition coefficient (Wildman–Crippen LogP) is 7.17. The zero-order valence-electron chi connectivity index (χ0n) is 27.4. The van der Waals surface area contributed by atoms with Crippen LogP contribution in [0.5, 0.6) is 0 Å². The van der Waals surface area contributed by atoms with Crippen molar-refractivity contribution in [2.45, 2.75) is 180 Å². The molecule has 0 aliphatic rings. The van der Waals surface area contributed by atoms with E-state index in [0.29, 0.717) is 12.8 Å². The molecule has 0 rings (SSSR count). The van der Waals surface area contributed by atoms with Gasteiger partial charge in [-0.05, 0) is 12.8 Å². The topological polar surface area (TPSA) is 134 Å². The fourth-order valence-corrected chi connectivity index (χ4v) is 4.56. The van der Waals surface area contributed by atoms with Crippen LogP contribution >= 0.6 is 0 Å². The van der Waals surface area contributed by atoms with Crippen molar-refractivity contribution in [3.8, 4) is 0 Å². The molecule has 0 saturated carbocycles. The lowest BCUT2D eigenvalue weighted by Crippen LogP contribution is -2.25. The first-order chi connectivity index (χ1) is 20.4. The molecule has 0 bridgehead atoms. The van der Waals surface area contributed by atoms with Crippen LogP contribution in [0.2, 0.25) is 0 Å². The highest BCUT2D eigenvalue weighted by Crippen LogP contribution is 2.13. The maximum atomic E-state index is 11.4. The standard InChI is InChI=1S/2C17H34O4/c1-2-3-4-5-6-7-8-9-10-11-12-13-17(20)21-15-16(19)14-18;1-2-3-4-5-6-7-8-9-10-11-12-13-17(20)21-16(14-18)15-19/h2*16,18-19H,2-15H2,1H3. The Kier molecular flexibility index (Phi) is 36.8. The Morgan fingerprint density at radius 2 is 0.833 bits per heavy atom. The molecule has 0 aromatic rings. The van der Waals surface area contributed by atoms with Crippen molar-refractivity contribution < 1.29 is 39.5 Å². The highest BCUT2D eigenvalue weighted by molar-refractivity contribution is 5.69. The number of esters is 2. The molecule has 0 saturated heterocycles. The molecule has 42 heavy (non-hydrogen) atoms. The summed E-state index contributed by atoms with van der Waals surface area (Å²) in [6.45, 7) is 3.37. The van der Waals surface area contributed by atoms with Crippen molar-refractivity contribution in [3.05, 3.63) is 0 Å². The number of ether oxygens (including phenoxy) is 2. The predicted molar refractivity (Wildman–Crippen MR) is 170 cm³/mol. The molecular formula is C34H68O8. The molecule has 0 amide bonds. The number of carbonyl (C=O) groups excluding carboxylic acids is 2. The summed E-state index contributed by atoms with van der Waals surface area (Å²) in [4.78, 5) is 22.7. The van der Waals surface area contributed by atoms with Gasteiger partial charge in [-0.25, -0.2) is 0 Å². The van der Waals surface area contributed by atoms with E-state index in [4.69, 9.17) is 29.9 Å². The average molecular weight is 605 g/mol. The van der Waals surface area contributed by atoms with E-state index in [-0.39, 0.29) is 38.4 Å². The molecular weight excluding hydrogens is 536 g/mol. The zero-order chi connectivity index (χ0) is 31.5. The third kappa shape index (κ3) is 35.0. The Balaban J connectivity index is 0. The maximum Gasteiger partial charge on any atom is 0.306 e. The summed E-state index contributed by atoms with van der Waals surface area (Å²) in [5.41, 5.74) is 0. The number of aliphatic hydroxyl groups excluding tert-OH is 4. The van der Waals surface area contributed by atoms with Gasteiger partial charge < -0.3 is 29.9 Å². The van der Waals surface area contributed by atoms with Gasteiger partial charge in [0.05, 0.1) is 19.8 Å². The molecule has 0 aromatic carbocycles. The first-order valence-corrected chi connectivity index (χ1v) is 17.3. The number of hydrogen-bond donors (Lipinski definition) is 4. The lowest BCUT2D eigenvalue weighted by Gasteiger charge is -2.12. The van der Waals surface area contributed by atoms with Gasteiger partial charge in [0.25, 0.3) is 0 Å². The fourth-order valence-electron chi connectivity index (χ4n) is 4.56. The van der Waals surface area contributed by atoms with Crippen LogP contribution < -0.4 is 0 Å². The Hall–Kier alpha value is -1.22. The van der Waals surface area contributed by atoms with Crippen LogP contribution in [-0.2, 0) is 19.1 Å². The van der Waals surface area contributed by atoms with Crippen LogP contribution in [0.15, 0.2) is 0 Å². The molecule has 8 heteroatoms. The number of unbranched alkanes of at least 4 members (excludes halogenated alkanes) is 20. The summed E-state index contributed by atoms with van der Waals surface area (Å²) in [7, 11) is 0. The largest absolute Gasteiger partial charge is 0.463 e. The second-order valence-corrected chi connectivity index (χ2v) is 11.6. The van der Waals surface area contributed by atoms with E-state index >= 15 is 0 Å². The first-order valence-electron chi connectivity index (χ1n) is 17.3. The Labute approximate surface area is 258 Å². The van der Waals surface area contributed by atoms with Crippen molar-refractivity contribution in [2.75, 3.05) is 26.4 Å². The minimum atomic E-state index is -0.953. The smallest absolute Gasteiger partial charge is 0.306 e.